The molecule has 4 saturated carbocycles. The molecule has 1 aromatic rings. The Morgan fingerprint density at radius 3 is 2.31 bits per heavy atom. The zero-order chi connectivity index (χ0) is 20.0. The monoisotopic (exact) mass is 416 g/mol. The minimum absolute atomic E-state index is 0.0415. The number of β-amino-alcohol motifs (C(OH)–C–C–N with tert-alkyl or cyclic N) is 1. The van der Waals surface area contributed by atoms with Crippen molar-refractivity contribution in [1.82, 2.24) is 9.80 Å². The Morgan fingerprint density at radius 1 is 1.10 bits per heavy atom. The van der Waals surface area contributed by atoms with E-state index in [-0.39, 0.29) is 17.6 Å². The molecule has 5 heteroatoms. The Hall–Kier alpha value is -1.10. The second-order valence-electron chi connectivity index (χ2n) is 10.3. The summed E-state index contributed by atoms with van der Waals surface area (Å²) < 4.78 is 0. The highest BCUT2D eigenvalue weighted by atomic mass is 35.5. The van der Waals surface area contributed by atoms with E-state index in [1.807, 2.05) is 12.1 Å². The summed E-state index contributed by atoms with van der Waals surface area (Å²) in [6.07, 6.45) is 9.21. The van der Waals surface area contributed by atoms with Gasteiger partial charge in [0.2, 0.25) is 5.91 Å². The molecular weight excluding hydrogens is 384 g/mol. The van der Waals surface area contributed by atoms with Crippen molar-refractivity contribution in [2.45, 2.75) is 69.6 Å². The van der Waals surface area contributed by atoms with Crippen LogP contribution < -0.4 is 0 Å². The van der Waals surface area contributed by atoms with E-state index in [9.17, 15) is 9.90 Å². The predicted octanol–water partition coefficient (Wildman–Crippen LogP) is 4.09. The number of benzene rings is 1. The lowest BCUT2D eigenvalue weighted by Crippen LogP contribution is -2.62. The molecular formula is C24H33ClN2O2. The summed E-state index contributed by atoms with van der Waals surface area (Å²) in [4.78, 5) is 18.1. The number of hydrogen-bond donors (Lipinski definition) is 1. The van der Waals surface area contributed by atoms with E-state index < -0.39 is 0 Å². The minimum Gasteiger partial charge on any atom is -0.392 e. The first-order chi connectivity index (χ1) is 14.0. The summed E-state index contributed by atoms with van der Waals surface area (Å²) in [5, 5.41) is 10.8. The largest absolute Gasteiger partial charge is 0.392 e. The number of amides is 1. The first kappa shape index (κ1) is 19.8. The van der Waals surface area contributed by atoms with Gasteiger partial charge < -0.3 is 10.0 Å². The van der Waals surface area contributed by atoms with E-state index in [0.717, 1.165) is 47.7 Å². The Labute approximate surface area is 179 Å². The lowest BCUT2D eigenvalue weighted by atomic mass is 9.52. The average molecular weight is 417 g/mol. The van der Waals surface area contributed by atoms with Crippen molar-refractivity contribution in [2.24, 2.45) is 17.8 Å². The number of hydrogen-bond acceptors (Lipinski definition) is 3. The number of carbonyl (C=O) groups excluding carboxylic acids is 1. The molecule has 5 fully saturated rings. The second-order valence-corrected chi connectivity index (χ2v) is 10.7. The van der Waals surface area contributed by atoms with Gasteiger partial charge in [-0.3, -0.25) is 9.69 Å². The van der Waals surface area contributed by atoms with Crippen LogP contribution in [0.25, 0.3) is 0 Å². The maximum Gasteiger partial charge on any atom is 0.237 e. The van der Waals surface area contributed by atoms with Crippen LogP contribution in [0.4, 0.5) is 0 Å². The number of aliphatic hydroxyl groups is 1. The summed E-state index contributed by atoms with van der Waals surface area (Å²) in [5.41, 5.74) is 1.21. The maximum absolute atomic E-state index is 13.7. The minimum atomic E-state index is -0.291. The molecule has 158 valence electrons. The molecule has 0 aromatic heterocycles. The Kier molecular flexibility index (Phi) is 5.38. The van der Waals surface area contributed by atoms with Gasteiger partial charge in [0.15, 0.2) is 0 Å². The fourth-order valence-electron chi connectivity index (χ4n) is 7.14. The van der Waals surface area contributed by atoms with Gasteiger partial charge in [-0.15, -0.1) is 0 Å². The number of nitrogens with zero attached hydrogens (tertiary/aromatic N) is 2. The van der Waals surface area contributed by atoms with Gasteiger partial charge in [-0.1, -0.05) is 23.7 Å². The van der Waals surface area contributed by atoms with Crippen molar-refractivity contribution in [3.63, 3.8) is 0 Å². The van der Waals surface area contributed by atoms with Crippen LogP contribution in [0.15, 0.2) is 24.3 Å². The van der Waals surface area contributed by atoms with Gasteiger partial charge in [-0.05, 0) is 93.4 Å². The van der Waals surface area contributed by atoms with Crippen molar-refractivity contribution in [3.05, 3.63) is 34.9 Å². The SMILES string of the molecule is O=C(CN1CCCC(O)C1)N(Cc1ccc(Cl)cc1)C12CC3CC(CC(C3)C1)C2. The van der Waals surface area contributed by atoms with Gasteiger partial charge in [0.25, 0.3) is 0 Å². The normalized spacial score (nSPS) is 36.3. The Balaban J connectivity index is 1.40. The fourth-order valence-corrected chi connectivity index (χ4v) is 7.27. The second kappa shape index (κ2) is 7.86. The van der Waals surface area contributed by atoms with Gasteiger partial charge >= 0.3 is 0 Å². The Bertz CT molecular complexity index is 714. The predicted molar refractivity (Wildman–Crippen MR) is 115 cm³/mol. The van der Waals surface area contributed by atoms with Crippen LogP contribution in [-0.4, -0.2) is 52.1 Å². The zero-order valence-electron chi connectivity index (χ0n) is 17.2. The van der Waals surface area contributed by atoms with Crippen LogP contribution in [0.5, 0.6) is 0 Å². The van der Waals surface area contributed by atoms with E-state index in [2.05, 4.69) is 21.9 Å². The molecule has 0 radical (unpaired) electrons. The van der Waals surface area contributed by atoms with E-state index in [1.54, 1.807) is 0 Å². The highest BCUT2D eigenvalue weighted by molar-refractivity contribution is 6.30. The molecule has 4 nitrogen and oxygen atoms in total. The maximum atomic E-state index is 13.7. The van der Waals surface area contributed by atoms with Crippen molar-refractivity contribution < 1.29 is 9.90 Å². The summed E-state index contributed by atoms with van der Waals surface area (Å²) in [6.45, 7) is 2.66. The molecule has 5 aliphatic rings. The highest BCUT2D eigenvalue weighted by Gasteiger charge is 2.54. The molecule has 1 aromatic carbocycles. The van der Waals surface area contributed by atoms with Gasteiger partial charge in [0, 0.05) is 23.7 Å². The van der Waals surface area contributed by atoms with Crippen LogP contribution in [0.1, 0.15) is 56.9 Å². The Morgan fingerprint density at radius 2 is 1.72 bits per heavy atom. The first-order valence-electron chi connectivity index (χ1n) is 11.4. The number of rotatable bonds is 5. The highest BCUT2D eigenvalue weighted by Crippen LogP contribution is 2.58. The van der Waals surface area contributed by atoms with Crippen LogP contribution in [-0.2, 0) is 11.3 Å². The van der Waals surface area contributed by atoms with Crippen LogP contribution >= 0.6 is 11.6 Å². The zero-order valence-corrected chi connectivity index (χ0v) is 18.0. The molecule has 4 aliphatic carbocycles. The van der Waals surface area contributed by atoms with Crippen molar-refractivity contribution in [1.29, 1.82) is 0 Å². The molecule has 4 bridgehead atoms. The third-order valence-electron chi connectivity index (χ3n) is 7.97. The van der Waals surface area contributed by atoms with Gasteiger partial charge in [-0.25, -0.2) is 0 Å². The van der Waals surface area contributed by atoms with E-state index in [0.29, 0.717) is 19.6 Å². The van der Waals surface area contributed by atoms with Crippen molar-refractivity contribution >= 4 is 17.5 Å². The van der Waals surface area contributed by atoms with E-state index >= 15 is 0 Å². The van der Waals surface area contributed by atoms with Crippen LogP contribution in [0, 0.1) is 17.8 Å². The number of aliphatic hydroxyl groups excluding tert-OH is 1. The molecule has 6 rings (SSSR count). The van der Waals surface area contributed by atoms with E-state index in [1.165, 1.54) is 38.5 Å². The molecule has 1 unspecified atom stereocenters. The molecule has 1 atom stereocenters. The number of likely N-dealkylation sites (tertiary alicyclic amines) is 1. The molecule has 1 amide bonds. The van der Waals surface area contributed by atoms with E-state index in [4.69, 9.17) is 11.6 Å². The first-order valence-corrected chi connectivity index (χ1v) is 11.8. The van der Waals surface area contributed by atoms with Gasteiger partial charge in [0.1, 0.15) is 0 Å². The molecule has 1 aliphatic heterocycles. The third-order valence-corrected chi connectivity index (χ3v) is 8.22. The van der Waals surface area contributed by atoms with Crippen LogP contribution in [0.3, 0.4) is 0 Å². The fraction of sp³-hybridized carbons (Fsp3) is 0.708. The third kappa shape index (κ3) is 4.08. The topological polar surface area (TPSA) is 43.8 Å². The van der Waals surface area contributed by atoms with Crippen LogP contribution in [0.2, 0.25) is 5.02 Å². The molecule has 1 saturated heterocycles. The standard InChI is InChI=1S/C24H33ClN2O2/c25-21-5-3-17(4-6-21)14-27(23(29)16-26-7-1-2-22(28)15-26)24-11-18-8-19(12-24)10-20(9-18)13-24/h3-6,18-20,22,28H,1-2,7-16H2. The molecule has 29 heavy (non-hydrogen) atoms. The lowest BCUT2D eigenvalue weighted by Gasteiger charge is -2.60. The summed E-state index contributed by atoms with van der Waals surface area (Å²) >= 11 is 6.10. The average Bonchev–Trinajstić information content (AvgIpc) is 2.66. The quantitative estimate of drug-likeness (QED) is 0.786. The summed E-state index contributed by atoms with van der Waals surface area (Å²) in [5.74, 6) is 2.66. The van der Waals surface area contributed by atoms with Crippen molar-refractivity contribution in [2.75, 3.05) is 19.6 Å². The summed E-state index contributed by atoms with van der Waals surface area (Å²) in [6, 6.07) is 7.99. The molecule has 0 spiro atoms. The van der Waals surface area contributed by atoms with Gasteiger partial charge in [0.05, 0.1) is 12.6 Å². The number of piperidine rings is 1. The van der Waals surface area contributed by atoms with Crippen molar-refractivity contribution in [3.8, 4) is 0 Å². The number of carbonyl (C=O) groups is 1. The van der Waals surface area contributed by atoms with Gasteiger partial charge in [-0.2, -0.15) is 0 Å². The summed E-state index contributed by atoms with van der Waals surface area (Å²) in [7, 11) is 0. The lowest BCUT2D eigenvalue weighted by molar-refractivity contribution is -0.154. The smallest absolute Gasteiger partial charge is 0.237 e. The molecule has 1 N–H and O–H groups in total. The number of halogens is 1. The molecule has 1 heterocycles.